The SMILES string of the molecule is Clc1ccc(N2CC[NH+](C3CC[NH+](Cc4ccccc4)CC3)CC2)cc1. The lowest BCUT2D eigenvalue weighted by Crippen LogP contribution is -3.21. The molecule has 2 aliphatic rings. The van der Waals surface area contributed by atoms with E-state index in [0.717, 1.165) is 24.2 Å². The average molecular weight is 372 g/mol. The summed E-state index contributed by atoms with van der Waals surface area (Å²) in [4.78, 5) is 6.09. The van der Waals surface area contributed by atoms with Gasteiger partial charge in [-0.3, -0.25) is 0 Å². The largest absolute Gasteiger partial charge is 0.360 e. The summed E-state index contributed by atoms with van der Waals surface area (Å²) in [6.07, 6.45) is 2.75. The van der Waals surface area contributed by atoms with E-state index in [2.05, 4.69) is 47.4 Å². The molecule has 0 saturated carbocycles. The fraction of sp³-hybridized carbons (Fsp3) is 0.455. The van der Waals surface area contributed by atoms with Gasteiger partial charge in [-0.05, 0) is 24.3 Å². The van der Waals surface area contributed by atoms with Gasteiger partial charge in [0.25, 0.3) is 0 Å². The van der Waals surface area contributed by atoms with Gasteiger partial charge in [0.15, 0.2) is 0 Å². The van der Waals surface area contributed by atoms with Gasteiger partial charge in [0.05, 0.1) is 45.3 Å². The van der Waals surface area contributed by atoms with Gasteiger partial charge < -0.3 is 14.7 Å². The maximum absolute atomic E-state index is 6.01. The van der Waals surface area contributed by atoms with Gasteiger partial charge in [-0.1, -0.05) is 41.9 Å². The molecule has 138 valence electrons. The van der Waals surface area contributed by atoms with Crippen molar-refractivity contribution < 1.29 is 9.80 Å². The number of piperidine rings is 1. The smallest absolute Gasteiger partial charge is 0.103 e. The molecule has 0 atom stereocenters. The van der Waals surface area contributed by atoms with E-state index in [0.29, 0.717) is 0 Å². The lowest BCUT2D eigenvalue weighted by atomic mass is 10.0. The third kappa shape index (κ3) is 4.40. The maximum atomic E-state index is 6.01. The molecule has 2 saturated heterocycles. The molecule has 2 fully saturated rings. The molecule has 0 aromatic heterocycles. The van der Waals surface area contributed by atoms with E-state index in [1.165, 1.54) is 56.8 Å². The summed E-state index contributed by atoms with van der Waals surface area (Å²) < 4.78 is 0. The summed E-state index contributed by atoms with van der Waals surface area (Å²) in [6.45, 7) is 8.69. The van der Waals surface area contributed by atoms with E-state index in [1.807, 2.05) is 17.0 Å². The van der Waals surface area contributed by atoms with E-state index in [4.69, 9.17) is 11.6 Å². The van der Waals surface area contributed by atoms with Crippen LogP contribution in [0.3, 0.4) is 0 Å². The molecule has 0 aliphatic carbocycles. The van der Waals surface area contributed by atoms with E-state index < -0.39 is 0 Å². The highest BCUT2D eigenvalue weighted by Crippen LogP contribution is 2.17. The van der Waals surface area contributed by atoms with E-state index in [1.54, 1.807) is 4.90 Å². The van der Waals surface area contributed by atoms with Crippen molar-refractivity contribution in [3.63, 3.8) is 0 Å². The second kappa shape index (κ2) is 8.43. The van der Waals surface area contributed by atoms with Crippen LogP contribution in [0.4, 0.5) is 5.69 Å². The monoisotopic (exact) mass is 371 g/mol. The lowest BCUT2D eigenvalue weighted by Gasteiger charge is -2.39. The Hall–Kier alpha value is -1.55. The maximum Gasteiger partial charge on any atom is 0.103 e. The number of anilines is 1. The van der Waals surface area contributed by atoms with Crippen molar-refractivity contribution in [2.75, 3.05) is 44.2 Å². The molecule has 0 unspecified atom stereocenters. The molecule has 4 rings (SSSR count). The number of hydrogen-bond acceptors (Lipinski definition) is 1. The van der Waals surface area contributed by atoms with Crippen LogP contribution >= 0.6 is 11.6 Å². The first-order chi connectivity index (χ1) is 12.8. The van der Waals surface area contributed by atoms with Crippen molar-refractivity contribution in [3.05, 3.63) is 65.2 Å². The third-order valence-electron chi connectivity index (χ3n) is 6.16. The normalized spacial score (nSPS) is 24.6. The first kappa shape index (κ1) is 17.8. The minimum absolute atomic E-state index is 0.822. The zero-order valence-corrected chi connectivity index (χ0v) is 16.2. The van der Waals surface area contributed by atoms with Gasteiger partial charge in [0.2, 0.25) is 0 Å². The first-order valence-electron chi connectivity index (χ1n) is 10.0. The Morgan fingerprint density at radius 2 is 1.50 bits per heavy atom. The van der Waals surface area contributed by atoms with Gasteiger partial charge >= 0.3 is 0 Å². The van der Waals surface area contributed by atoms with Crippen molar-refractivity contribution in [1.82, 2.24) is 0 Å². The number of quaternary nitrogens is 2. The predicted octanol–water partition coefficient (Wildman–Crippen LogP) is 1.29. The Balaban J connectivity index is 1.24. The fourth-order valence-corrected chi connectivity index (χ4v) is 4.73. The third-order valence-corrected chi connectivity index (χ3v) is 6.42. The van der Waals surface area contributed by atoms with Crippen LogP contribution in [0.15, 0.2) is 54.6 Å². The standard InChI is InChI=1S/C22H28ClN3/c23-20-6-8-21(9-7-20)25-14-16-26(17-15-25)22-10-12-24(13-11-22)18-19-4-2-1-3-5-19/h1-9,22H,10-18H2/p+2. The summed E-state index contributed by atoms with van der Waals surface area (Å²) in [6, 6.07) is 20.1. The first-order valence-corrected chi connectivity index (χ1v) is 10.4. The highest BCUT2D eigenvalue weighted by Gasteiger charge is 2.32. The minimum atomic E-state index is 0.822. The van der Waals surface area contributed by atoms with Gasteiger partial charge in [-0.15, -0.1) is 0 Å². The Morgan fingerprint density at radius 3 is 2.15 bits per heavy atom. The number of nitrogens with zero attached hydrogens (tertiary/aromatic N) is 1. The molecule has 26 heavy (non-hydrogen) atoms. The second-order valence-electron chi connectivity index (χ2n) is 7.81. The molecule has 0 amide bonds. The molecular weight excluding hydrogens is 342 g/mol. The van der Waals surface area contributed by atoms with Crippen LogP contribution in [0, 0.1) is 0 Å². The zero-order valence-electron chi connectivity index (χ0n) is 15.5. The molecule has 0 spiro atoms. The van der Waals surface area contributed by atoms with Gasteiger partial charge in [0, 0.05) is 29.1 Å². The van der Waals surface area contributed by atoms with Crippen LogP contribution in [0.25, 0.3) is 0 Å². The predicted molar refractivity (Wildman–Crippen MR) is 108 cm³/mol. The molecule has 2 aromatic rings. The van der Waals surface area contributed by atoms with Crippen LogP contribution in [-0.2, 0) is 6.54 Å². The molecule has 2 aliphatic heterocycles. The molecule has 2 N–H and O–H groups in total. The Labute approximate surface area is 162 Å². The summed E-state index contributed by atoms with van der Waals surface area (Å²) in [7, 11) is 0. The highest BCUT2D eigenvalue weighted by atomic mass is 35.5. The molecule has 4 heteroatoms. The molecule has 0 bridgehead atoms. The van der Waals surface area contributed by atoms with Crippen LogP contribution in [0.5, 0.6) is 0 Å². The topological polar surface area (TPSA) is 12.1 Å². The van der Waals surface area contributed by atoms with Crippen LogP contribution in [-0.4, -0.2) is 45.3 Å². The summed E-state index contributed by atoms with van der Waals surface area (Å²) in [5, 5.41) is 0.822. The number of piperazine rings is 1. The van der Waals surface area contributed by atoms with E-state index in [9.17, 15) is 0 Å². The van der Waals surface area contributed by atoms with Gasteiger partial charge in [-0.25, -0.2) is 0 Å². The fourth-order valence-electron chi connectivity index (χ4n) is 4.61. The summed E-state index contributed by atoms with van der Waals surface area (Å²) >= 11 is 6.01. The van der Waals surface area contributed by atoms with Crippen molar-refractivity contribution in [3.8, 4) is 0 Å². The lowest BCUT2D eigenvalue weighted by molar-refractivity contribution is -0.963. The number of halogens is 1. The minimum Gasteiger partial charge on any atom is -0.360 e. The molecule has 2 aromatic carbocycles. The van der Waals surface area contributed by atoms with E-state index >= 15 is 0 Å². The average Bonchev–Trinajstić information content (AvgIpc) is 2.70. The molecule has 3 nitrogen and oxygen atoms in total. The number of likely N-dealkylation sites (tertiary alicyclic amines) is 1. The quantitative estimate of drug-likeness (QED) is 0.825. The van der Waals surface area contributed by atoms with E-state index in [-0.39, 0.29) is 0 Å². The molecule has 2 heterocycles. The number of nitrogens with one attached hydrogen (secondary N) is 2. The molecular formula is C22H30ClN3+2. The Kier molecular flexibility index (Phi) is 5.78. The number of benzene rings is 2. The van der Waals surface area contributed by atoms with Crippen LogP contribution < -0.4 is 14.7 Å². The number of rotatable bonds is 4. The summed E-state index contributed by atoms with van der Waals surface area (Å²) in [5.74, 6) is 0. The zero-order chi connectivity index (χ0) is 17.8. The molecule has 0 radical (unpaired) electrons. The number of hydrogen-bond donors (Lipinski definition) is 2. The van der Waals surface area contributed by atoms with Crippen molar-refractivity contribution in [2.45, 2.75) is 25.4 Å². The van der Waals surface area contributed by atoms with Gasteiger partial charge in [0.1, 0.15) is 6.54 Å². The second-order valence-corrected chi connectivity index (χ2v) is 8.24. The van der Waals surface area contributed by atoms with Crippen LogP contribution in [0.2, 0.25) is 5.02 Å². The van der Waals surface area contributed by atoms with Gasteiger partial charge in [-0.2, -0.15) is 0 Å². The van der Waals surface area contributed by atoms with Crippen molar-refractivity contribution in [1.29, 1.82) is 0 Å². The summed E-state index contributed by atoms with van der Waals surface area (Å²) in [5.41, 5.74) is 2.79. The Bertz CT molecular complexity index is 672. The van der Waals surface area contributed by atoms with Crippen molar-refractivity contribution >= 4 is 17.3 Å². The Morgan fingerprint density at radius 1 is 0.846 bits per heavy atom. The van der Waals surface area contributed by atoms with Crippen molar-refractivity contribution in [2.24, 2.45) is 0 Å². The highest BCUT2D eigenvalue weighted by molar-refractivity contribution is 6.30. The van der Waals surface area contributed by atoms with Crippen LogP contribution in [0.1, 0.15) is 18.4 Å².